The van der Waals surface area contributed by atoms with Crippen molar-refractivity contribution >= 4 is 17.5 Å². The van der Waals surface area contributed by atoms with Crippen LogP contribution in [0.5, 0.6) is 5.75 Å². The van der Waals surface area contributed by atoms with Crippen LogP contribution < -0.4 is 15.4 Å². The van der Waals surface area contributed by atoms with Gasteiger partial charge in [-0.2, -0.15) is 0 Å². The van der Waals surface area contributed by atoms with Gasteiger partial charge in [-0.05, 0) is 55.3 Å². The van der Waals surface area contributed by atoms with Gasteiger partial charge < -0.3 is 20.1 Å². The van der Waals surface area contributed by atoms with E-state index in [0.29, 0.717) is 19.2 Å². The topological polar surface area (TPSA) is 79.9 Å². The summed E-state index contributed by atoms with van der Waals surface area (Å²) in [6.45, 7) is 5.08. The summed E-state index contributed by atoms with van der Waals surface area (Å²) in [5.74, 6) is 0.639. The van der Waals surface area contributed by atoms with Crippen molar-refractivity contribution in [3.8, 4) is 5.75 Å². The van der Waals surface area contributed by atoms with E-state index >= 15 is 0 Å². The number of anilines is 1. The summed E-state index contributed by atoms with van der Waals surface area (Å²) >= 11 is 0. The zero-order valence-electron chi connectivity index (χ0n) is 18.9. The number of hydrogen-bond donors (Lipinski definition) is 2. The lowest BCUT2D eigenvalue weighted by Gasteiger charge is -2.31. The number of likely N-dealkylation sites (N-methyl/N-ethyl adjacent to an activating group) is 1. The van der Waals surface area contributed by atoms with Crippen molar-refractivity contribution in [3.63, 3.8) is 0 Å². The fraction of sp³-hybridized carbons (Fsp3) is 0.440. The lowest BCUT2D eigenvalue weighted by atomic mass is 10.1. The molecule has 7 nitrogen and oxygen atoms in total. The fourth-order valence-corrected chi connectivity index (χ4v) is 3.72. The maximum absolute atomic E-state index is 12.3. The van der Waals surface area contributed by atoms with Crippen LogP contribution >= 0.6 is 0 Å². The zero-order valence-corrected chi connectivity index (χ0v) is 18.9. The minimum atomic E-state index is -0.118. The van der Waals surface area contributed by atoms with Crippen molar-refractivity contribution in [3.05, 3.63) is 59.7 Å². The van der Waals surface area contributed by atoms with E-state index in [0.717, 1.165) is 55.2 Å². The average Bonchev–Trinajstić information content (AvgIpc) is 2.79. The SMILES string of the molecule is CC(=O)Nc1ccc(CC(=O)NCc2cccc(OCCN(C)C3CCOCC3)c2)cc1. The first-order valence-electron chi connectivity index (χ1n) is 11.1. The van der Waals surface area contributed by atoms with E-state index in [1.807, 2.05) is 36.4 Å². The van der Waals surface area contributed by atoms with Gasteiger partial charge in [-0.25, -0.2) is 0 Å². The van der Waals surface area contributed by atoms with Crippen LogP contribution in [0.2, 0.25) is 0 Å². The molecule has 0 unspecified atom stereocenters. The number of ether oxygens (including phenoxy) is 2. The Morgan fingerprint density at radius 2 is 1.84 bits per heavy atom. The summed E-state index contributed by atoms with van der Waals surface area (Å²) in [4.78, 5) is 25.7. The van der Waals surface area contributed by atoms with E-state index in [4.69, 9.17) is 9.47 Å². The third kappa shape index (κ3) is 7.98. The quantitative estimate of drug-likeness (QED) is 0.595. The third-order valence-electron chi connectivity index (χ3n) is 5.55. The summed E-state index contributed by atoms with van der Waals surface area (Å²) in [5, 5.41) is 5.67. The molecule has 2 N–H and O–H groups in total. The number of carbonyl (C=O) groups excluding carboxylic acids is 2. The molecular formula is C25H33N3O4. The predicted octanol–water partition coefficient (Wildman–Crippen LogP) is 2.99. The lowest BCUT2D eigenvalue weighted by molar-refractivity contribution is -0.120. The minimum absolute atomic E-state index is 0.0540. The van der Waals surface area contributed by atoms with Crippen molar-refractivity contribution in [2.45, 2.75) is 38.8 Å². The second kappa shape index (κ2) is 12.2. The number of benzene rings is 2. The average molecular weight is 440 g/mol. The van der Waals surface area contributed by atoms with Crippen LogP contribution in [0, 0.1) is 0 Å². The van der Waals surface area contributed by atoms with E-state index in [1.54, 1.807) is 12.1 Å². The number of amides is 2. The first-order chi connectivity index (χ1) is 15.5. The first-order valence-corrected chi connectivity index (χ1v) is 11.1. The van der Waals surface area contributed by atoms with Crippen molar-refractivity contribution in [1.29, 1.82) is 0 Å². The Hall–Kier alpha value is -2.90. The first kappa shape index (κ1) is 23.8. The number of hydrogen-bond acceptors (Lipinski definition) is 5. The van der Waals surface area contributed by atoms with Crippen molar-refractivity contribution in [2.75, 3.05) is 38.7 Å². The summed E-state index contributed by atoms with van der Waals surface area (Å²) in [5.41, 5.74) is 2.61. The van der Waals surface area contributed by atoms with Gasteiger partial charge in [0.05, 0.1) is 6.42 Å². The van der Waals surface area contributed by atoms with Gasteiger partial charge in [0.25, 0.3) is 0 Å². The molecule has 0 spiro atoms. The molecular weight excluding hydrogens is 406 g/mol. The Morgan fingerprint density at radius 3 is 2.56 bits per heavy atom. The summed E-state index contributed by atoms with van der Waals surface area (Å²) < 4.78 is 11.4. The highest BCUT2D eigenvalue weighted by Gasteiger charge is 2.18. The fourth-order valence-electron chi connectivity index (χ4n) is 3.72. The van der Waals surface area contributed by atoms with Crippen molar-refractivity contribution in [2.24, 2.45) is 0 Å². The Bertz CT molecular complexity index is 879. The molecule has 0 saturated carbocycles. The predicted molar refractivity (Wildman–Crippen MR) is 125 cm³/mol. The lowest BCUT2D eigenvalue weighted by Crippen LogP contribution is -2.38. The Kier molecular flexibility index (Phi) is 9.07. The van der Waals surface area contributed by atoms with Crippen LogP contribution in [0.25, 0.3) is 0 Å². The maximum atomic E-state index is 12.3. The molecule has 1 saturated heterocycles. The van der Waals surface area contributed by atoms with Gasteiger partial charge in [-0.3, -0.25) is 14.5 Å². The van der Waals surface area contributed by atoms with Gasteiger partial charge in [-0.15, -0.1) is 0 Å². The van der Waals surface area contributed by atoms with Gasteiger partial charge in [0.2, 0.25) is 11.8 Å². The number of nitrogens with one attached hydrogen (secondary N) is 2. The Labute approximate surface area is 190 Å². The van der Waals surface area contributed by atoms with Crippen LogP contribution in [0.1, 0.15) is 30.9 Å². The number of carbonyl (C=O) groups is 2. The molecule has 0 aromatic heterocycles. The van der Waals surface area contributed by atoms with Crippen molar-refractivity contribution in [1.82, 2.24) is 10.2 Å². The van der Waals surface area contributed by atoms with Crippen LogP contribution in [0.15, 0.2) is 48.5 Å². The molecule has 1 fully saturated rings. The Morgan fingerprint density at radius 1 is 1.09 bits per heavy atom. The Balaban J connectivity index is 1.40. The molecule has 172 valence electrons. The molecule has 1 aliphatic rings. The molecule has 32 heavy (non-hydrogen) atoms. The third-order valence-corrected chi connectivity index (χ3v) is 5.55. The normalized spacial score (nSPS) is 14.2. The van der Waals surface area contributed by atoms with E-state index in [2.05, 4.69) is 22.6 Å². The molecule has 2 amide bonds. The molecule has 0 radical (unpaired) electrons. The van der Waals surface area contributed by atoms with E-state index < -0.39 is 0 Å². The van der Waals surface area contributed by atoms with E-state index in [9.17, 15) is 9.59 Å². The van der Waals surface area contributed by atoms with E-state index in [-0.39, 0.29) is 18.2 Å². The van der Waals surface area contributed by atoms with Gasteiger partial charge >= 0.3 is 0 Å². The molecule has 0 aliphatic carbocycles. The molecule has 1 heterocycles. The van der Waals surface area contributed by atoms with Gasteiger partial charge in [0.1, 0.15) is 12.4 Å². The van der Waals surface area contributed by atoms with Crippen LogP contribution in [-0.4, -0.2) is 56.2 Å². The molecule has 7 heteroatoms. The zero-order chi connectivity index (χ0) is 22.8. The highest BCUT2D eigenvalue weighted by molar-refractivity contribution is 5.88. The van der Waals surface area contributed by atoms with Crippen LogP contribution in [0.4, 0.5) is 5.69 Å². The standard InChI is InChI=1S/C25H33N3O4/c1-19(29)27-22-8-6-20(7-9-22)17-25(30)26-18-21-4-3-5-24(16-21)32-15-12-28(2)23-10-13-31-14-11-23/h3-9,16,23H,10-15,17-18H2,1-2H3,(H,26,30)(H,27,29). The molecule has 0 atom stereocenters. The van der Waals surface area contributed by atoms with E-state index in [1.165, 1.54) is 6.92 Å². The molecule has 2 aromatic carbocycles. The highest BCUT2D eigenvalue weighted by atomic mass is 16.5. The molecule has 3 rings (SSSR count). The largest absolute Gasteiger partial charge is 0.492 e. The summed E-state index contributed by atoms with van der Waals surface area (Å²) in [6, 6.07) is 15.7. The van der Waals surface area contributed by atoms with Crippen LogP contribution in [0.3, 0.4) is 0 Å². The number of rotatable bonds is 10. The summed E-state index contributed by atoms with van der Waals surface area (Å²) in [7, 11) is 2.14. The minimum Gasteiger partial charge on any atom is -0.492 e. The molecule has 1 aliphatic heterocycles. The maximum Gasteiger partial charge on any atom is 0.224 e. The second-order valence-electron chi connectivity index (χ2n) is 8.15. The monoisotopic (exact) mass is 439 g/mol. The second-order valence-corrected chi connectivity index (χ2v) is 8.15. The van der Waals surface area contributed by atoms with Gasteiger partial charge in [0, 0.05) is 45.0 Å². The number of nitrogens with zero attached hydrogens (tertiary/aromatic N) is 1. The van der Waals surface area contributed by atoms with Gasteiger partial charge in [0.15, 0.2) is 0 Å². The van der Waals surface area contributed by atoms with Gasteiger partial charge in [-0.1, -0.05) is 24.3 Å². The smallest absolute Gasteiger partial charge is 0.224 e. The van der Waals surface area contributed by atoms with Crippen LogP contribution in [-0.2, 0) is 27.3 Å². The molecule has 0 bridgehead atoms. The molecule has 2 aromatic rings. The van der Waals surface area contributed by atoms with Crippen molar-refractivity contribution < 1.29 is 19.1 Å². The highest BCUT2D eigenvalue weighted by Crippen LogP contribution is 2.15. The summed E-state index contributed by atoms with van der Waals surface area (Å²) in [6.07, 6.45) is 2.44.